The molecule has 1 atom stereocenters. The fraction of sp³-hybridized carbons (Fsp3) is 0.594. The van der Waals surface area contributed by atoms with Crippen molar-refractivity contribution in [2.24, 2.45) is 0 Å². The van der Waals surface area contributed by atoms with Gasteiger partial charge in [-0.05, 0) is 117 Å². The molecule has 0 saturated carbocycles. The summed E-state index contributed by atoms with van der Waals surface area (Å²) in [4.78, 5) is 34.3. The molecule has 1 aliphatic rings. The summed E-state index contributed by atoms with van der Waals surface area (Å²) < 4.78 is 5.74. The van der Waals surface area contributed by atoms with Crippen LogP contribution < -0.4 is 4.90 Å². The van der Waals surface area contributed by atoms with Gasteiger partial charge in [-0.25, -0.2) is 4.98 Å². The van der Waals surface area contributed by atoms with E-state index in [9.17, 15) is 25.2 Å². The molecule has 0 aliphatic carbocycles. The molecule has 1 fully saturated rings. The molecule has 0 amide bonds. The first-order chi connectivity index (χ1) is 36.2. The van der Waals surface area contributed by atoms with Crippen LogP contribution in [0.5, 0.6) is 23.0 Å². The molecule has 2 heterocycles. The predicted octanol–water partition coefficient (Wildman–Crippen LogP) is 15.1. The third kappa shape index (κ3) is 13.4. The molecule has 11 heteroatoms. The number of anilines is 1. The van der Waals surface area contributed by atoms with Gasteiger partial charge in [-0.2, -0.15) is 9.97 Å². The maximum Gasteiger partial charge on any atom is 0.229 e. The SMILES string of the molecule is COC(C(C)=O)N1CCN(c2nc(C(c3cc(C(C)(C)C)c(O)c(C(C)(C)C)c3)c3cc(C(C)(C)C)c(O)c(C(C)(C)C)c3)nc(C(c3cc(C(C)(C)C)c(O)c(C(C)(C)C)c3)c3cc(C(C)(C)C)c(O)c(C(C)(C)C)c3)n2)CC1. The average molecular weight is 1100 g/mol. The number of carbonyl (C=O) groups is 1. The van der Waals surface area contributed by atoms with Crippen LogP contribution in [0, 0.1) is 0 Å². The number of piperazine rings is 1. The number of hydrogen-bond acceptors (Lipinski definition) is 11. The van der Waals surface area contributed by atoms with Crippen LogP contribution in [-0.4, -0.2) is 85.6 Å². The van der Waals surface area contributed by atoms with E-state index < -0.39 is 61.4 Å². The summed E-state index contributed by atoms with van der Waals surface area (Å²) in [6.45, 7) is 54.5. The number of carbonyl (C=O) groups excluding carboxylic acids is 1. The first-order valence-corrected chi connectivity index (χ1v) is 29.0. The highest BCUT2D eigenvalue weighted by Crippen LogP contribution is 2.50. The molecule has 0 radical (unpaired) electrons. The Morgan fingerprint density at radius 2 is 0.613 bits per heavy atom. The molecule has 0 spiro atoms. The fourth-order valence-corrected chi connectivity index (χ4v) is 11.4. The molecule has 4 aromatic carbocycles. The first-order valence-electron chi connectivity index (χ1n) is 29.0. The molecule has 80 heavy (non-hydrogen) atoms. The number of aromatic hydroxyl groups is 4. The van der Waals surface area contributed by atoms with Crippen LogP contribution in [0.25, 0.3) is 0 Å². The lowest BCUT2D eigenvalue weighted by atomic mass is 9.73. The van der Waals surface area contributed by atoms with Crippen molar-refractivity contribution in [3.63, 3.8) is 0 Å². The Bertz CT molecular complexity index is 2620. The van der Waals surface area contributed by atoms with Gasteiger partial charge in [0.2, 0.25) is 5.95 Å². The van der Waals surface area contributed by atoms with Gasteiger partial charge in [0.15, 0.2) is 12.0 Å². The van der Waals surface area contributed by atoms with Gasteiger partial charge in [0, 0.05) is 33.3 Å². The summed E-state index contributed by atoms with van der Waals surface area (Å²) in [6.07, 6.45) is -0.686. The second kappa shape index (κ2) is 21.7. The van der Waals surface area contributed by atoms with E-state index in [0.717, 1.165) is 66.8 Å². The number of rotatable bonds is 10. The number of nitrogens with zero attached hydrogens (tertiary/aromatic N) is 5. The van der Waals surface area contributed by atoms with E-state index in [1.54, 1.807) is 14.0 Å². The third-order valence-electron chi connectivity index (χ3n) is 16.0. The molecular weight excluding hydrogens is 995 g/mol. The van der Waals surface area contributed by atoms with Crippen molar-refractivity contribution < 1.29 is 30.0 Å². The minimum absolute atomic E-state index is 0.0658. The van der Waals surface area contributed by atoms with Crippen molar-refractivity contribution >= 4 is 11.7 Å². The fourth-order valence-electron chi connectivity index (χ4n) is 11.4. The molecular formula is C69H101N5O6. The van der Waals surface area contributed by atoms with Crippen molar-refractivity contribution in [2.45, 2.75) is 234 Å². The number of benzene rings is 4. The molecule has 0 bridgehead atoms. The third-order valence-corrected chi connectivity index (χ3v) is 16.0. The Morgan fingerprint density at radius 1 is 0.400 bits per heavy atom. The van der Waals surface area contributed by atoms with Crippen molar-refractivity contribution in [3.8, 4) is 23.0 Å². The molecule has 1 saturated heterocycles. The second-order valence-electron chi connectivity index (χ2n) is 31.3. The van der Waals surface area contributed by atoms with E-state index in [0.29, 0.717) is 43.8 Å². The second-order valence-corrected chi connectivity index (χ2v) is 31.3. The molecule has 438 valence electrons. The smallest absolute Gasteiger partial charge is 0.229 e. The molecule has 5 aromatic rings. The number of aromatic nitrogens is 3. The van der Waals surface area contributed by atoms with Crippen LogP contribution in [0.15, 0.2) is 48.5 Å². The Labute approximate surface area is 482 Å². The summed E-state index contributed by atoms with van der Waals surface area (Å²) in [5, 5.41) is 49.4. The average Bonchev–Trinajstić information content (AvgIpc) is 3.28. The van der Waals surface area contributed by atoms with Crippen LogP contribution >= 0.6 is 0 Å². The van der Waals surface area contributed by atoms with Gasteiger partial charge in [-0.1, -0.05) is 215 Å². The monoisotopic (exact) mass is 1100 g/mol. The number of ketones is 1. The van der Waals surface area contributed by atoms with Crippen LogP contribution in [0.2, 0.25) is 0 Å². The highest BCUT2D eigenvalue weighted by molar-refractivity contribution is 5.80. The van der Waals surface area contributed by atoms with Gasteiger partial charge in [-0.15, -0.1) is 0 Å². The van der Waals surface area contributed by atoms with Crippen molar-refractivity contribution in [1.82, 2.24) is 19.9 Å². The van der Waals surface area contributed by atoms with Crippen molar-refractivity contribution in [3.05, 3.63) is 127 Å². The zero-order valence-corrected chi connectivity index (χ0v) is 54.0. The van der Waals surface area contributed by atoms with Gasteiger partial charge in [0.1, 0.15) is 34.6 Å². The zero-order chi connectivity index (χ0) is 60.7. The minimum atomic E-state index is -0.686. The first kappa shape index (κ1) is 63.7. The molecule has 1 unspecified atom stereocenters. The lowest BCUT2D eigenvalue weighted by Gasteiger charge is -2.38. The number of Topliss-reactive ketones (excluding diaryl/α,β-unsaturated/α-hetero) is 1. The van der Waals surface area contributed by atoms with Crippen LogP contribution in [0.3, 0.4) is 0 Å². The number of hydrogen-bond donors (Lipinski definition) is 4. The van der Waals surface area contributed by atoms with Gasteiger partial charge in [-0.3, -0.25) is 9.69 Å². The van der Waals surface area contributed by atoms with Gasteiger partial charge >= 0.3 is 0 Å². The normalized spacial score (nSPS) is 15.3. The maximum absolute atomic E-state index is 12.9. The number of phenolic OH excluding ortho intramolecular Hbond substituents is 4. The molecule has 6 rings (SSSR count). The van der Waals surface area contributed by atoms with Crippen LogP contribution in [0.1, 0.15) is 263 Å². The quantitative estimate of drug-likeness (QED) is 0.106. The Balaban J connectivity index is 1.93. The van der Waals surface area contributed by atoms with Crippen LogP contribution in [0.4, 0.5) is 5.95 Å². The van der Waals surface area contributed by atoms with Gasteiger partial charge in [0.25, 0.3) is 0 Å². The molecule has 1 aromatic heterocycles. The van der Waals surface area contributed by atoms with Crippen molar-refractivity contribution in [2.75, 3.05) is 38.2 Å². The minimum Gasteiger partial charge on any atom is -0.507 e. The van der Waals surface area contributed by atoms with E-state index in [-0.39, 0.29) is 28.8 Å². The number of ether oxygens (including phenoxy) is 1. The molecule has 4 N–H and O–H groups in total. The number of phenols is 4. The van der Waals surface area contributed by atoms with Gasteiger partial charge < -0.3 is 30.1 Å². The summed E-state index contributed by atoms with van der Waals surface area (Å²) >= 11 is 0. The number of methoxy groups -OCH3 is 1. The standard InChI is InChI=1S/C69H101N5O6/c1-39(75)60(80-26)73-27-29-74(30-28-73)61-71-58(52(40-31-44(62(2,3)4)54(76)45(32-40)63(5,6)7)41-33-46(64(8,9)10)55(77)47(34-41)65(11,12)13)70-59(72-61)53(42-35-48(66(14,15)16)56(78)49(36-42)67(17,18)19)43-37-50(68(20,21)22)57(79)51(38-43)69(23,24)25/h31-38,52-53,60,76-79H,27-30H2,1-26H3. The summed E-state index contributed by atoms with van der Waals surface area (Å²) in [5.41, 5.74) is 6.02. The van der Waals surface area contributed by atoms with Gasteiger partial charge in [0.05, 0.1) is 11.8 Å². The lowest BCUT2D eigenvalue weighted by molar-refractivity contribution is -0.138. The highest BCUT2D eigenvalue weighted by atomic mass is 16.5. The zero-order valence-electron chi connectivity index (χ0n) is 54.0. The lowest BCUT2D eigenvalue weighted by Crippen LogP contribution is -2.53. The Hall–Kier alpha value is -5.52. The van der Waals surface area contributed by atoms with E-state index >= 15 is 0 Å². The maximum atomic E-state index is 12.9. The van der Waals surface area contributed by atoms with E-state index in [1.807, 2.05) is 0 Å². The summed E-state index contributed by atoms with van der Waals surface area (Å²) in [5.74, 6) is 1.02. The van der Waals surface area contributed by atoms with Crippen LogP contribution in [-0.2, 0) is 52.9 Å². The van der Waals surface area contributed by atoms with E-state index in [1.165, 1.54) is 0 Å². The Morgan fingerprint density at radius 3 is 0.787 bits per heavy atom. The molecule has 11 nitrogen and oxygen atoms in total. The summed E-state index contributed by atoms with van der Waals surface area (Å²) in [7, 11) is 1.57. The van der Waals surface area contributed by atoms with E-state index in [2.05, 4.69) is 225 Å². The topological polar surface area (TPSA) is 152 Å². The molecule has 1 aliphatic heterocycles. The summed E-state index contributed by atoms with van der Waals surface area (Å²) in [6, 6.07) is 17.0. The predicted molar refractivity (Wildman–Crippen MR) is 329 cm³/mol. The Kier molecular flexibility index (Phi) is 17.2. The highest BCUT2D eigenvalue weighted by Gasteiger charge is 2.39. The van der Waals surface area contributed by atoms with E-state index in [4.69, 9.17) is 19.7 Å². The largest absolute Gasteiger partial charge is 0.507 e. The van der Waals surface area contributed by atoms with Crippen molar-refractivity contribution in [1.29, 1.82) is 0 Å².